The van der Waals surface area contributed by atoms with E-state index in [1.165, 1.54) is 6.07 Å². The van der Waals surface area contributed by atoms with E-state index in [4.69, 9.17) is 9.73 Å². The minimum Gasteiger partial charge on any atom is -0.454 e. The maximum Gasteiger partial charge on any atom is 0.416 e. The first-order valence-electron chi connectivity index (χ1n) is 10.6. The fourth-order valence-electron chi connectivity index (χ4n) is 4.02. The van der Waals surface area contributed by atoms with Gasteiger partial charge in [0.05, 0.1) is 11.1 Å². The lowest BCUT2D eigenvalue weighted by molar-refractivity contribution is -0.137. The van der Waals surface area contributed by atoms with E-state index in [0.717, 1.165) is 12.1 Å². The van der Waals surface area contributed by atoms with E-state index in [9.17, 15) is 18.0 Å². The van der Waals surface area contributed by atoms with Crippen molar-refractivity contribution in [2.75, 3.05) is 26.2 Å². The van der Waals surface area contributed by atoms with Crippen LogP contribution >= 0.6 is 0 Å². The Hall–Kier alpha value is -3.81. The normalized spacial score (nSPS) is 15.7. The summed E-state index contributed by atoms with van der Waals surface area (Å²) in [4.78, 5) is 21.3. The van der Waals surface area contributed by atoms with Crippen LogP contribution in [0.2, 0.25) is 0 Å². The molecule has 0 bridgehead atoms. The molecule has 0 N–H and O–H groups in total. The fourth-order valence-corrected chi connectivity index (χ4v) is 4.02. The topological polar surface area (TPSA) is 45.1 Å². The van der Waals surface area contributed by atoms with Gasteiger partial charge in [0.15, 0.2) is 5.75 Å². The lowest BCUT2D eigenvalue weighted by atomic mass is 10.1. The second kappa shape index (κ2) is 8.27. The van der Waals surface area contributed by atoms with Crippen LogP contribution in [0.15, 0.2) is 77.8 Å². The van der Waals surface area contributed by atoms with E-state index >= 15 is 0 Å². The summed E-state index contributed by atoms with van der Waals surface area (Å²) in [5.41, 5.74) is 0.887. The summed E-state index contributed by atoms with van der Waals surface area (Å²) in [7, 11) is 0. The van der Waals surface area contributed by atoms with Gasteiger partial charge in [-0.15, -0.1) is 0 Å². The number of rotatable bonds is 1. The monoisotopic (exact) mass is 451 g/mol. The molecule has 0 radical (unpaired) electrons. The summed E-state index contributed by atoms with van der Waals surface area (Å²) in [6, 6.07) is 19.6. The molecular formula is C25H20F3N3O2. The van der Waals surface area contributed by atoms with Crippen LogP contribution in [-0.2, 0) is 6.18 Å². The van der Waals surface area contributed by atoms with Gasteiger partial charge in [-0.3, -0.25) is 4.79 Å². The number of hydrogen-bond acceptors (Lipinski definition) is 4. The lowest BCUT2D eigenvalue weighted by Gasteiger charge is -2.36. The van der Waals surface area contributed by atoms with E-state index in [2.05, 4.69) is 0 Å². The van der Waals surface area contributed by atoms with E-state index in [0.29, 0.717) is 54.6 Å². The molecule has 2 aliphatic rings. The number of amidine groups is 1. The second-order valence-electron chi connectivity index (χ2n) is 7.86. The number of fused-ring (bicyclic) bond motifs is 2. The summed E-state index contributed by atoms with van der Waals surface area (Å²) in [6.45, 7) is 2.11. The minimum absolute atomic E-state index is 0.0215. The number of ether oxygens (including phenoxy) is 1. The van der Waals surface area contributed by atoms with Gasteiger partial charge >= 0.3 is 6.18 Å². The number of amides is 1. The zero-order valence-electron chi connectivity index (χ0n) is 17.5. The first-order chi connectivity index (χ1) is 15.9. The van der Waals surface area contributed by atoms with Gasteiger partial charge in [-0.05, 0) is 42.5 Å². The van der Waals surface area contributed by atoms with E-state index in [1.54, 1.807) is 29.2 Å². The Morgan fingerprint density at radius 2 is 1.55 bits per heavy atom. The van der Waals surface area contributed by atoms with Crippen molar-refractivity contribution in [1.82, 2.24) is 9.80 Å². The number of piperazine rings is 1. The van der Waals surface area contributed by atoms with Gasteiger partial charge in [0.1, 0.15) is 17.3 Å². The van der Waals surface area contributed by atoms with Gasteiger partial charge in [0.2, 0.25) is 0 Å². The quantitative estimate of drug-likeness (QED) is 0.501. The zero-order valence-corrected chi connectivity index (χ0v) is 17.5. The highest BCUT2D eigenvalue weighted by Crippen LogP contribution is 2.41. The van der Waals surface area contributed by atoms with E-state index in [-0.39, 0.29) is 11.7 Å². The molecule has 0 atom stereocenters. The van der Waals surface area contributed by atoms with Crippen molar-refractivity contribution in [3.63, 3.8) is 0 Å². The molecule has 8 heteroatoms. The largest absolute Gasteiger partial charge is 0.454 e. The lowest BCUT2D eigenvalue weighted by Crippen LogP contribution is -2.50. The molecule has 5 rings (SSSR count). The van der Waals surface area contributed by atoms with Crippen molar-refractivity contribution in [3.05, 3.63) is 89.5 Å². The molecule has 0 saturated carbocycles. The molecule has 1 fully saturated rings. The van der Waals surface area contributed by atoms with Crippen LogP contribution in [0.5, 0.6) is 11.5 Å². The maximum atomic E-state index is 13.2. The number of hydrogen-bond donors (Lipinski definition) is 0. The molecule has 0 aliphatic carbocycles. The number of alkyl halides is 3. The highest BCUT2D eigenvalue weighted by Gasteiger charge is 2.33. The Kier molecular flexibility index (Phi) is 5.28. The molecule has 5 nitrogen and oxygen atoms in total. The van der Waals surface area contributed by atoms with Gasteiger partial charge < -0.3 is 14.5 Å². The Balaban J connectivity index is 1.44. The Morgan fingerprint density at radius 1 is 0.848 bits per heavy atom. The average molecular weight is 451 g/mol. The van der Waals surface area contributed by atoms with Gasteiger partial charge in [-0.25, -0.2) is 4.99 Å². The number of carbonyl (C=O) groups excluding carboxylic acids is 1. The maximum absolute atomic E-state index is 13.2. The van der Waals surface area contributed by atoms with Gasteiger partial charge in [-0.2, -0.15) is 13.2 Å². The van der Waals surface area contributed by atoms with Crippen molar-refractivity contribution in [1.29, 1.82) is 0 Å². The molecule has 3 aromatic carbocycles. The predicted octanol–water partition coefficient (Wildman–Crippen LogP) is 5.35. The molecular weight excluding hydrogens is 431 g/mol. The van der Waals surface area contributed by atoms with Crippen molar-refractivity contribution < 1.29 is 22.7 Å². The van der Waals surface area contributed by atoms with Crippen molar-refractivity contribution in [3.8, 4) is 11.5 Å². The predicted molar refractivity (Wildman–Crippen MR) is 118 cm³/mol. The van der Waals surface area contributed by atoms with E-state index in [1.807, 2.05) is 35.2 Å². The number of para-hydroxylation sites is 1. The van der Waals surface area contributed by atoms with E-state index < -0.39 is 11.7 Å². The number of halogens is 3. The summed E-state index contributed by atoms with van der Waals surface area (Å²) in [5.74, 6) is 1.10. The van der Waals surface area contributed by atoms with Crippen molar-refractivity contribution in [2.24, 2.45) is 4.99 Å². The van der Waals surface area contributed by atoms with Crippen LogP contribution in [0.1, 0.15) is 21.5 Å². The molecule has 1 saturated heterocycles. The first kappa shape index (κ1) is 21.1. The molecule has 168 valence electrons. The third-order valence-corrected chi connectivity index (χ3v) is 5.75. The smallest absolute Gasteiger partial charge is 0.416 e. The second-order valence-corrected chi connectivity index (χ2v) is 7.86. The number of aliphatic imine (C=N–C) groups is 1. The molecule has 0 unspecified atom stereocenters. The molecule has 1 amide bonds. The summed E-state index contributed by atoms with van der Waals surface area (Å²) < 4.78 is 45.5. The fraction of sp³-hybridized carbons (Fsp3) is 0.200. The molecule has 0 spiro atoms. The summed E-state index contributed by atoms with van der Waals surface area (Å²) >= 11 is 0. The van der Waals surface area contributed by atoms with Crippen LogP contribution in [0.3, 0.4) is 0 Å². The van der Waals surface area contributed by atoms with Gasteiger partial charge in [-0.1, -0.05) is 30.3 Å². The highest BCUT2D eigenvalue weighted by molar-refractivity contribution is 6.04. The summed E-state index contributed by atoms with van der Waals surface area (Å²) in [6.07, 6.45) is -4.47. The van der Waals surface area contributed by atoms with Crippen molar-refractivity contribution >= 4 is 17.4 Å². The number of carbonyl (C=O) groups is 1. The third-order valence-electron chi connectivity index (χ3n) is 5.75. The molecule has 0 aromatic heterocycles. The Morgan fingerprint density at radius 3 is 2.27 bits per heavy atom. The third kappa shape index (κ3) is 4.16. The van der Waals surface area contributed by atoms with Crippen LogP contribution in [-0.4, -0.2) is 47.7 Å². The van der Waals surface area contributed by atoms with Gasteiger partial charge in [0, 0.05) is 31.7 Å². The zero-order chi connectivity index (χ0) is 23.0. The highest BCUT2D eigenvalue weighted by atomic mass is 19.4. The van der Waals surface area contributed by atoms with Crippen LogP contribution < -0.4 is 4.74 Å². The minimum atomic E-state index is -4.47. The molecule has 33 heavy (non-hydrogen) atoms. The van der Waals surface area contributed by atoms with Gasteiger partial charge in [0.25, 0.3) is 5.91 Å². The van der Waals surface area contributed by atoms with Crippen LogP contribution in [0.4, 0.5) is 18.9 Å². The molecule has 2 heterocycles. The number of benzene rings is 3. The standard InChI is InChI=1S/C25H20F3N3O2/c26-25(27,28)18-10-11-20-22(16-18)33-21-9-5-4-8-19(21)23(29-20)30-12-14-31(15-13-30)24(32)17-6-2-1-3-7-17/h1-11,16H,12-15H2. The Bertz CT molecular complexity index is 1220. The molecule has 2 aliphatic heterocycles. The van der Waals surface area contributed by atoms with Crippen LogP contribution in [0.25, 0.3) is 0 Å². The summed E-state index contributed by atoms with van der Waals surface area (Å²) in [5, 5.41) is 0. The SMILES string of the molecule is O=C(c1ccccc1)N1CCN(C2=Nc3ccc(C(F)(F)F)cc3Oc3ccccc32)CC1. The Labute approximate surface area is 188 Å². The molecule has 3 aromatic rings. The van der Waals surface area contributed by atoms with Crippen LogP contribution in [0, 0.1) is 0 Å². The first-order valence-corrected chi connectivity index (χ1v) is 10.6. The number of nitrogens with zero attached hydrogens (tertiary/aromatic N) is 3. The van der Waals surface area contributed by atoms with Crippen molar-refractivity contribution in [2.45, 2.75) is 6.18 Å². The average Bonchev–Trinajstić information content (AvgIpc) is 3.00.